The van der Waals surface area contributed by atoms with Gasteiger partial charge in [0.2, 0.25) is 0 Å². The Bertz CT molecular complexity index is 1260. The summed E-state index contributed by atoms with van der Waals surface area (Å²) < 4.78 is 13.2. The van der Waals surface area contributed by atoms with E-state index >= 15 is 0 Å². The van der Waals surface area contributed by atoms with Gasteiger partial charge in [-0.2, -0.15) is 0 Å². The maximum absolute atomic E-state index is 5.84. The number of ether oxygens (including phenoxy) is 2. The van der Waals surface area contributed by atoms with E-state index in [-0.39, 0.29) is 12.1 Å². The summed E-state index contributed by atoms with van der Waals surface area (Å²) in [5.74, 6) is 1.41. The number of nitrogens with zero attached hydrogens (tertiary/aromatic N) is 3. The number of nitrogens with one attached hydrogen (secondary N) is 1. The second-order valence-electron chi connectivity index (χ2n) is 7.72. The lowest BCUT2D eigenvalue weighted by molar-refractivity contribution is 0.394. The number of methoxy groups -OCH3 is 2. The standard InChI is InChI=1S/C26H24N4O2S/c1-31-20-11-12-22(23(16-20)32-2)30-25(24(28-26(30)33)21-10-6-7-14-27-21)18-13-15-29(17-18)19-8-4-3-5-9-19/h3-17,24-25H,1-2H3,(H,28,33). The Labute approximate surface area is 198 Å². The Balaban J connectivity index is 1.63. The van der Waals surface area contributed by atoms with Gasteiger partial charge in [-0.25, -0.2) is 0 Å². The van der Waals surface area contributed by atoms with Crippen LogP contribution < -0.4 is 19.7 Å². The lowest BCUT2D eigenvalue weighted by atomic mass is 9.98. The van der Waals surface area contributed by atoms with Gasteiger partial charge < -0.3 is 24.3 Å². The molecule has 0 amide bonds. The van der Waals surface area contributed by atoms with Crippen molar-refractivity contribution < 1.29 is 9.47 Å². The zero-order chi connectivity index (χ0) is 22.8. The maximum atomic E-state index is 5.84. The van der Waals surface area contributed by atoms with E-state index in [1.54, 1.807) is 14.2 Å². The fourth-order valence-corrected chi connectivity index (χ4v) is 4.62. The molecule has 0 spiro atoms. The van der Waals surface area contributed by atoms with E-state index in [2.05, 4.69) is 50.4 Å². The van der Waals surface area contributed by atoms with Gasteiger partial charge in [0.1, 0.15) is 11.5 Å². The zero-order valence-corrected chi connectivity index (χ0v) is 19.2. The summed E-state index contributed by atoms with van der Waals surface area (Å²) in [5.41, 5.74) is 4.00. The van der Waals surface area contributed by atoms with Crippen LogP contribution in [-0.4, -0.2) is 28.9 Å². The van der Waals surface area contributed by atoms with Gasteiger partial charge in [-0.3, -0.25) is 4.98 Å². The molecule has 166 valence electrons. The van der Waals surface area contributed by atoms with Crippen LogP contribution in [0.2, 0.25) is 0 Å². The first-order chi connectivity index (χ1) is 16.2. The highest BCUT2D eigenvalue weighted by molar-refractivity contribution is 7.80. The molecule has 2 unspecified atom stereocenters. The van der Waals surface area contributed by atoms with Gasteiger partial charge in [0.25, 0.3) is 0 Å². The van der Waals surface area contributed by atoms with Crippen molar-refractivity contribution >= 4 is 23.0 Å². The topological polar surface area (TPSA) is 51.5 Å². The molecule has 1 aliphatic rings. The SMILES string of the molecule is COc1ccc(N2C(=S)NC(c3ccccn3)C2c2ccn(-c3ccccc3)c2)c(OC)c1. The van der Waals surface area contributed by atoms with E-state index in [1.165, 1.54) is 0 Å². The molecule has 1 N–H and O–H groups in total. The van der Waals surface area contributed by atoms with E-state index in [1.807, 2.05) is 60.8 Å². The molecule has 4 aromatic rings. The molecule has 0 aliphatic carbocycles. The molecule has 1 fully saturated rings. The lowest BCUT2D eigenvalue weighted by Gasteiger charge is -2.28. The van der Waals surface area contributed by atoms with Crippen LogP contribution in [0.5, 0.6) is 11.5 Å². The molecule has 0 bridgehead atoms. The highest BCUT2D eigenvalue weighted by atomic mass is 32.1. The van der Waals surface area contributed by atoms with Crippen molar-refractivity contribution in [3.05, 3.63) is 103 Å². The Morgan fingerprint density at radius 2 is 1.76 bits per heavy atom. The molecule has 33 heavy (non-hydrogen) atoms. The molecule has 1 saturated heterocycles. The summed E-state index contributed by atoms with van der Waals surface area (Å²) >= 11 is 5.84. The quantitative estimate of drug-likeness (QED) is 0.409. The minimum atomic E-state index is -0.128. The Hall–Kier alpha value is -3.84. The number of rotatable bonds is 6. The van der Waals surface area contributed by atoms with Crippen molar-refractivity contribution in [3.8, 4) is 17.2 Å². The lowest BCUT2D eigenvalue weighted by Crippen LogP contribution is -2.29. The zero-order valence-electron chi connectivity index (χ0n) is 18.4. The van der Waals surface area contributed by atoms with E-state index in [0.717, 1.165) is 28.4 Å². The first-order valence-electron chi connectivity index (χ1n) is 10.7. The van der Waals surface area contributed by atoms with Crippen molar-refractivity contribution in [2.75, 3.05) is 19.1 Å². The predicted octanol–water partition coefficient (Wildman–Crippen LogP) is 5.07. The summed E-state index contributed by atoms with van der Waals surface area (Å²) in [6, 6.07) is 23.8. The number of para-hydroxylation sites is 1. The van der Waals surface area contributed by atoms with Gasteiger partial charge in [0.05, 0.1) is 37.7 Å². The highest BCUT2D eigenvalue weighted by Crippen LogP contribution is 2.45. The van der Waals surface area contributed by atoms with E-state index in [0.29, 0.717) is 10.9 Å². The van der Waals surface area contributed by atoms with Crippen molar-refractivity contribution in [1.82, 2.24) is 14.9 Å². The van der Waals surface area contributed by atoms with Crippen LogP contribution in [0.15, 0.2) is 91.4 Å². The fourth-order valence-electron chi connectivity index (χ4n) is 4.29. The van der Waals surface area contributed by atoms with Crippen molar-refractivity contribution in [3.63, 3.8) is 0 Å². The minimum Gasteiger partial charge on any atom is -0.497 e. The van der Waals surface area contributed by atoms with Gasteiger partial charge in [-0.15, -0.1) is 0 Å². The third kappa shape index (κ3) is 3.91. The van der Waals surface area contributed by atoms with Crippen LogP contribution in [0, 0.1) is 0 Å². The van der Waals surface area contributed by atoms with Gasteiger partial charge in [-0.05, 0) is 60.2 Å². The molecular formula is C26H24N4O2S. The normalized spacial score (nSPS) is 17.6. The molecule has 6 nitrogen and oxygen atoms in total. The predicted molar refractivity (Wildman–Crippen MR) is 133 cm³/mol. The Morgan fingerprint density at radius 3 is 2.48 bits per heavy atom. The summed E-state index contributed by atoms with van der Waals surface area (Å²) in [6.07, 6.45) is 6.03. The van der Waals surface area contributed by atoms with Crippen LogP contribution in [-0.2, 0) is 0 Å². The number of anilines is 1. The molecule has 7 heteroatoms. The monoisotopic (exact) mass is 456 g/mol. The van der Waals surface area contributed by atoms with E-state index < -0.39 is 0 Å². The minimum absolute atomic E-state index is 0.125. The van der Waals surface area contributed by atoms with Gasteiger partial charge in [0, 0.05) is 30.3 Å². The average Bonchev–Trinajstić information content (AvgIpc) is 3.49. The third-order valence-corrected chi connectivity index (χ3v) is 6.17. The Morgan fingerprint density at radius 1 is 0.939 bits per heavy atom. The molecule has 0 saturated carbocycles. The number of thiocarbonyl (C=S) groups is 1. The first kappa shape index (κ1) is 21.0. The number of pyridine rings is 1. The van der Waals surface area contributed by atoms with Crippen LogP contribution >= 0.6 is 12.2 Å². The molecule has 2 aromatic heterocycles. The fraction of sp³-hybridized carbons (Fsp3) is 0.154. The number of benzene rings is 2. The molecule has 2 atom stereocenters. The molecule has 2 aromatic carbocycles. The first-order valence-corrected chi connectivity index (χ1v) is 11.1. The van der Waals surface area contributed by atoms with Gasteiger partial charge in [-0.1, -0.05) is 24.3 Å². The molecule has 3 heterocycles. The van der Waals surface area contributed by atoms with Gasteiger partial charge >= 0.3 is 0 Å². The maximum Gasteiger partial charge on any atom is 0.174 e. The summed E-state index contributed by atoms with van der Waals surface area (Å²) in [4.78, 5) is 6.74. The van der Waals surface area contributed by atoms with Crippen molar-refractivity contribution in [1.29, 1.82) is 0 Å². The summed E-state index contributed by atoms with van der Waals surface area (Å²) in [5, 5.41) is 4.11. The highest BCUT2D eigenvalue weighted by Gasteiger charge is 2.42. The van der Waals surface area contributed by atoms with Crippen LogP contribution in [0.25, 0.3) is 5.69 Å². The van der Waals surface area contributed by atoms with Crippen LogP contribution in [0.4, 0.5) is 5.69 Å². The third-order valence-electron chi connectivity index (χ3n) is 5.86. The molecule has 1 aliphatic heterocycles. The smallest absolute Gasteiger partial charge is 0.174 e. The van der Waals surface area contributed by atoms with Crippen LogP contribution in [0.3, 0.4) is 0 Å². The van der Waals surface area contributed by atoms with Crippen molar-refractivity contribution in [2.24, 2.45) is 0 Å². The van der Waals surface area contributed by atoms with Gasteiger partial charge in [0.15, 0.2) is 5.11 Å². The summed E-state index contributed by atoms with van der Waals surface area (Å²) in [7, 11) is 3.30. The van der Waals surface area contributed by atoms with Crippen LogP contribution in [0.1, 0.15) is 23.3 Å². The van der Waals surface area contributed by atoms with E-state index in [4.69, 9.17) is 21.7 Å². The summed E-state index contributed by atoms with van der Waals surface area (Å²) in [6.45, 7) is 0. The average molecular weight is 457 g/mol. The number of hydrogen-bond donors (Lipinski definition) is 1. The Kier molecular flexibility index (Phi) is 5.71. The largest absolute Gasteiger partial charge is 0.497 e. The van der Waals surface area contributed by atoms with Crippen molar-refractivity contribution in [2.45, 2.75) is 12.1 Å². The second-order valence-corrected chi connectivity index (χ2v) is 8.11. The second kappa shape index (κ2) is 8.96. The molecule has 0 radical (unpaired) electrons. The number of hydrogen-bond acceptors (Lipinski definition) is 4. The molecule has 5 rings (SSSR count). The number of aromatic nitrogens is 2. The van der Waals surface area contributed by atoms with E-state index in [9.17, 15) is 0 Å². The molecular weight excluding hydrogens is 432 g/mol.